The van der Waals surface area contributed by atoms with Gasteiger partial charge in [-0.3, -0.25) is 0 Å². The summed E-state index contributed by atoms with van der Waals surface area (Å²) >= 11 is 2.51. The normalized spacial score (nSPS) is 10.1. The van der Waals surface area contributed by atoms with Gasteiger partial charge in [0.25, 0.3) is 0 Å². The number of carbonyl (C=O) groups excluding carboxylic acids is 1. The molecule has 0 bridgehead atoms. The van der Waals surface area contributed by atoms with Crippen molar-refractivity contribution in [2.24, 2.45) is 0 Å². The van der Waals surface area contributed by atoms with Gasteiger partial charge in [-0.1, -0.05) is 0 Å². The number of rotatable bonds is 8. The predicted octanol–water partition coefficient (Wildman–Crippen LogP) is 2.82. The van der Waals surface area contributed by atoms with E-state index < -0.39 is 0 Å². The van der Waals surface area contributed by atoms with Gasteiger partial charge in [0.2, 0.25) is 0 Å². The molecule has 0 aromatic carbocycles. The zero-order valence-corrected chi connectivity index (χ0v) is 9.69. The summed E-state index contributed by atoms with van der Waals surface area (Å²) in [5, 5.41) is 0. The van der Waals surface area contributed by atoms with E-state index in [1.807, 2.05) is 0 Å². The van der Waals surface area contributed by atoms with Gasteiger partial charge in [0.1, 0.15) is 0 Å². The summed E-state index contributed by atoms with van der Waals surface area (Å²) in [6.07, 6.45) is 9.69. The Morgan fingerprint density at radius 3 is 2.00 bits per heavy atom. The van der Waals surface area contributed by atoms with Crippen molar-refractivity contribution in [1.29, 1.82) is 0 Å². The Bertz CT molecular complexity index is 112. The molecular weight excluding hydrogens is 215 g/mol. The quantitative estimate of drug-likeness (QED) is 0.466. The third-order valence-electron chi connectivity index (χ3n) is 1.98. The van der Waals surface area contributed by atoms with Crippen LogP contribution >= 0.6 is 0 Å². The molecule has 0 heterocycles. The van der Waals surface area contributed by atoms with Crippen LogP contribution in [0.1, 0.15) is 58.3 Å². The molecule has 2 heteroatoms. The van der Waals surface area contributed by atoms with E-state index in [9.17, 15) is 4.79 Å². The summed E-state index contributed by atoms with van der Waals surface area (Å²) in [7, 11) is 0. The minimum absolute atomic E-state index is 0.212. The monoisotopic (exact) mass is 235 g/mol. The van der Waals surface area contributed by atoms with Crippen molar-refractivity contribution in [3.63, 3.8) is 0 Å². The van der Waals surface area contributed by atoms with Gasteiger partial charge < -0.3 is 0 Å². The fraction of sp³-hybridized carbons (Fsp3) is 0.900. The van der Waals surface area contributed by atoms with Gasteiger partial charge >= 0.3 is 83.8 Å². The number of hydrogen-bond donors (Lipinski definition) is 0. The molecule has 0 spiro atoms. The zero-order valence-electron chi connectivity index (χ0n) is 7.97. The summed E-state index contributed by atoms with van der Waals surface area (Å²) < 4.78 is 0.212. The molecule has 12 heavy (non-hydrogen) atoms. The first-order valence-electron chi connectivity index (χ1n) is 4.97. The Labute approximate surface area is 84.1 Å². The van der Waals surface area contributed by atoms with E-state index in [2.05, 4.69) is 22.9 Å². The van der Waals surface area contributed by atoms with Gasteiger partial charge in [-0.15, -0.1) is 0 Å². The van der Waals surface area contributed by atoms with Gasteiger partial charge in [-0.25, -0.2) is 0 Å². The van der Waals surface area contributed by atoms with E-state index in [-0.39, 0.29) is 4.68 Å². The minimum atomic E-state index is 0.212. The topological polar surface area (TPSA) is 17.1 Å². The van der Waals surface area contributed by atoms with E-state index in [0.717, 1.165) is 12.8 Å². The first-order valence-corrected chi connectivity index (χ1v) is 5.83. The van der Waals surface area contributed by atoms with Crippen LogP contribution in [-0.2, 0) is 4.79 Å². The molecule has 0 atom stereocenters. The summed E-state index contributed by atoms with van der Waals surface area (Å²) in [4.78, 5) is 10.5. The Kier molecular flexibility index (Phi) is 9.43. The number of unbranched alkanes of at least 4 members (excludes halogenated alkanes) is 6. The molecule has 0 aromatic rings. The van der Waals surface area contributed by atoms with Gasteiger partial charge in [0.15, 0.2) is 0 Å². The molecule has 0 aliphatic heterocycles. The van der Waals surface area contributed by atoms with Crippen LogP contribution in [0.25, 0.3) is 0 Å². The molecule has 1 radical (unpaired) electrons. The number of hydrogen-bond acceptors (Lipinski definition) is 1. The average molecular weight is 234 g/mol. The molecule has 71 valence electrons. The van der Waals surface area contributed by atoms with Crippen LogP contribution in [0, 0.1) is 0 Å². The third kappa shape index (κ3) is 10.2. The van der Waals surface area contributed by atoms with E-state index >= 15 is 0 Å². The van der Waals surface area contributed by atoms with Crippen LogP contribution in [0.3, 0.4) is 0 Å². The predicted molar refractivity (Wildman–Crippen MR) is 53.4 cm³/mol. The molecule has 0 aliphatic carbocycles. The average Bonchev–Trinajstić information content (AvgIpc) is 2.02. The first-order chi connectivity index (χ1) is 5.77. The Hall–Kier alpha value is 0.189. The fourth-order valence-electron chi connectivity index (χ4n) is 1.23. The van der Waals surface area contributed by atoms with Crippen molar-refractivity contribution in [2.75, 3.05) is 0 Å². The standard InChI is InChI=1S/C10H19OSe/c1-2-3-4-5-6-7-8-9-10(11)12/h2-9H2,1H3. The summed E-state index contributed by atoms with van der Waals surface area (Å²) in [6, 6.07) is 0. The fourth-order valence-corrected chi connectivity index (χ4v) is 1.53. The molecule has 0 saturated carbocycles. The molecule has 0 unspecified atom stereocenters. The van der Waals surface area contributed by atoms with E-state index in [4.69, 9.17) is 0 Å². The molecule has 0 saturated heterocycles. The van der Waals surface area contributed by atoms with Crippen LogP contribution in [0.5, 0.6) is 0 Å². The Morgan fingerprint density at radius 2 is 1.50 bits per heavy atom. The Morgan fingerprint density at radius 1 is 1.00 bits per heavy atom. The van der Waals surface area contributed by atoms with E-state index in [0.29, 0.717) is 0 Å². The second-order valence-corrected chi connectivity index (χ2v) is 4.20. The maximum absolute atomic E-state index is 10.5. The van der Waals surface area contributed by atoms with Crippen LogP contribution < -0.4 is 0 Å². The zero-order chi connectivity index (χ0) is 9.23. The summed E-state index contributed by atoms with van der Waals surface area (Å²) in [6.45, 7) is 2.23. The molecular formula is C10H19OSe. The van der Waals surface area contributed by atoms with Crippen molar-refractivity contribution in [2.45, 2.75) is 58.3 Å². The second-order valence-electron chi connectivity index (χ2n) is 3.24. The molecule has 0 rings (SSSR count). The van der Waals surface area contributed by atoms with Crippen molar-refractivity contribution in [3.05, 3.63) is 0 Å². The van der Waals surface area contributed by atoms with Crippen LogP contribution in [0.2, 0.25) is 0 Å². The summed E-state index contributed by atoms with van der Waals surface area (Å²) in [5.41, 5.74) is 0. The maximum atomic E-state index is 10.5. The van der Waals surface area contributed by atoms with Crippen LogP contribution in [0.15, 0.2) is 0 Å². The van der Waals surface area contributed by atoms with Gasteiger partial charge in [0, 0.05) is 0 Å². The third-order valence-corrected chi connectivity index (χ3v) is 2.41. The van der Waals surface area contributed by atoms with Gasteiger partial charge in [-0.05, 0) is 0 Å². The molecule has 0 aliphatic rings. The first kappa shape index (κ1) is 12.2. The molecule has 0 fully saturated rings. The Balaban J connectivity index is 2.86. The van der Waals surface area contributed by atoms with Gasteiger partial charge in [-0.2, -0.15) is 0 Å². The molecule has 0 N–H and O–H groups in total. The SMILES string of the molecule is CCCCCCCCCC(=O)[Se]. The van der Waals surface area contributed by atoms with Gasteiger partial charge in [0.05, 0.1) is 0 Å². The van der Waals surface area contributed by atoms with Crippen molar-refractivity contribution in [1.82, 2.24) is 0 Å². The second kappa shape index (κ2) is 9.28. The van der Waals surface area contributed by atoms with E-state index in [1.54, 1.807) is 0 Å². The van der Waals surface area contributed by atoms with Crippen LogP contribution in [0.4, 0.5) is 0 Å². The van der Waals surface area contributed by atoms with Crippen molar-refractivity contribution < 1.29 is 4.79 Å². The van der Waals surface area contributed by atoms with Crippen molar-refractivity contribution in [3.8, 4) is 0 Å². The number of carbonyl (C=O) groups is 1. The van der Waals surface area contributed by atoms with E-state index in [1.165, 1.54) is 38.5 Å². The molecule has 0 amide bonds. The molecule has 0 aromatic heterocycles. The van der Waals surface area contributed by atoms with Crippen LogP contribution in [-0.4, -0.2) is 20.7 Å². The van der Waals surface area contributed by atoms with Crippen molar-refractivity contribution >= 4 is 20.7 Å². The molecule has 1 nitrogen and oxygen atoms in total. The summed E-state index contributed by atoms with van der Waals surface area (Å²) in [5.74, 6) is 0.